The van der Waals surface area contributed by atoms with E-state index in [4.69, 9.17) is 10.5 Å². The second-order valence-electron chi connectivity index (χ2n) is 5.86. The molecular weight excluding hydrogens is 312 g/mol. The van der Waals surface area contributed by atoms with Gasteiger partial charge < -0.3 is 25.5 Å². The molecule has 2 aromatic rings. The largest absolute Gasteiger partial charge is 0.511 e. The van der Waals surface area contributed by atoms with Crippen molar-refractivity contribution in [1.29, 1.82) is 0 Å². The molecule has 8 heteroatoms. The number of benzene rings is 1. The number of aromatic amines is 1. The van der Waals surface area contributed by atoms with Crippen LogP contribution in [0.25, 0.3) is 10.9 Å². The minimum absolute atomic E-state index is 0.0287. The van der Waals surface area contributed by atoms with Gasteiger partial charge in [0.25, 0.3) is 5.69 Å². The fourth-order valence-electron chi connectivity index (χ4n) is 2.96. The number of aliphatic hydroxyl groups excluding tert-OH is 1. The Balaban J connectivity index is 2.05. The number of aliphatic hydroxyl groups is 1. The van der Waals surface area contributed by atoms with Crippen molar-refractivity contribution >= 4 is 22.3 Å². The van der Waals surface area contributed by atoms with Gasteiger partial charge in [-0.3, -0.25) is 10.1 Å². The number of H-pyrrole nitrogens is 1. The summed E-state index contributed by atoms with van der Waals surface area (Å²) in [5.74, 6) is -0.142. The lowest BCUT2D eigenvalue weighted by molar-refractivity contribution is -0.383. The van der Waals surface area contributed by atoms with Crippen LogP contribution in [0.2, 0.25) is 0 Å². The lowest BCUT2D eigenvalue weighted by atomic mass is 10.0. The molecule has 1 aromatic carbocycles. The molecule has 0 amide bonds. The molecule has 8 nitrogen and oxygen atoms in total. The van der Waals surface area contributed by atoms with Gasteiger partial charge in [-0.05, 0) is 18.1 Å². The molecule has 1 atom stereocenters. The maximum atomic E-state index is 11.6. The van der Waals surface area contributed by atoms with Crippen molar-refractivity contribution in [3.63, 3.8) is 0 Å². The van der Waals surface area contributed by atoms with E-state index in [-0.39, 0.29) is 22.8 Å². The molecule has 0 saturated carbocycles. The van der Waals surface area contributed by atoms with Gasteiger partial charge in [-0.2, -0.15) is 0 Å². The van der Waals surface area contributed by atoms with Gasteiger partial charge in [-0.15, -0.1) is 0 Å². The molecule has 1 unspecified atom stereocenters. The molecule has 24 heavy (non-hydrogen) atoms. The van der Waals surface area contributed by atoms with Crippen LogP contribution in [0.3, 0.4) is 0 Å². The number of nitrogens with one attached hydrogen (secondary N) is 1. The molecular formula is C16H20N4O4. The van der Waals surface area contributed by atoms with Crippen LogP contribution < -0.4 is 10.6 Å². The first-order valence-corrected chi connectivity index (χ1v) is 7.72. The summed E-state index contributed by atoms with van der Waals surface area (Å²) in [4.78, 5) is 16.3. The summed E-state index contributed by atoms with van der Waals surface area (Å²) < 4.78 is 5.33. The van der Waals surface area contributed by atoms with Crippen LogP contribution >= 0.6 is 0 Å². The highest BCUT2D eigenvalue weighted by atomic mass is 16.6. The van der Waals surface area contributed by atoms with Gasteiger partial charge in [-0.1, -0.05) is 6.58 Å². The number of nitrogens with two attached hydrogens (primary N) is 1. The number of anilines is 1. The van der Waals surface area contributed by atoms with Crippen LogP contribution in [0.5, 0.6) is 0 Å². The average molecular weight is 332 g/mol. The van der Waals surface area contributed by atoms with Crippen LogP contribution in [0.15, 0.2) is 30.7 Å². The van der Waals surface area contributed by atoms with Crippen molar-refractivity contribution in [2.45, 2.75) is 12.5 Å². The van der Waals surface area contributed by atoms with Crippen LogP contribution in [-0.4, -0.2) is 47.4 Å². The van der Waals surface area contributed by atoms with Crippen molar-refractivity contribution in [2.75, 3.05) is 31.2 Å². The minimum Gasteiger partial charge on any atom is -0.511 e. The molecule has 0 spiro atoms. The predicted octanol–water partition coefficient (Wildman–Crippen LogP) is 1.85. The number of ether oxygens (including phenoxy) is 1. The summed E-state index contributed by atoms with van der Waals surface area (Å²) in [6, 6.07) is 2.82. The number of rotatable bonds is 5. The van der Waals surface area contributed by atoms with Gasteiger partial charge in [0, 0.05) is 31.0 Å². The van der Waals surface area contributed by atoms with E-state index in [1.807, 2.05) is 6.07 Å². The third-order valence-corrected chi connectivity index (χ3v) is 4.27. The molecule has 2 heterocycles. The van der Waals surface area contributed by atoms with Gasteiger partial charge in [0.1, 0.15) is 5.76 Å². The minimum atomic E-state index is -0.664. The normalized spacial score (nSPS) is 16.3. The molecule has 1 aliphatic heterocycles. The van der Waals surface area contributed by atoms with Crippen LogP contribution in [0.4, 0.5) is 11.4 Å². The topological polar surface area (TPSA) is 118 Å². The molecule has 1 fully saturated rings. The number of aromatic nitrogens is 1. The number of nitrogens with zero attached hydrogens (tertiary/aromatic N) is 2. The zero-order valence-corrected chi connectivity index (χ0v) is 13.2. The van der Waals surface area contributed by atoms with Gasteiger partial charge in [0.05, 0.1) is 35.1 Å². The number of hydrogen-bond donors (Lipinski definition) is 3. The van der Waals surface area contributed by atoms with Crippen LogP contribution in [0.1, 0.15) is 5.56 Å². The number of non-ortho nitro benzene ring substituents is 1. The molecule has 1 aromatic heterocycles. The zero-order valence-electron chi connectivity index (χ0n) is 13.2. The van der Waals surface area contributed by atoms with Crippen LogP contribution in [0, 0.1) is 10.1 Å². The smallest absolute Gasteiger partial charge is 0.281 e. The van der Waals surface area contributed by atoms with E-state index >= 15 is 0 Å². The quantitative estimate of drug-likeness (QED) is 0.437. The number of nitro groups is 1. The maximum Gasteiger partial charge on any atom is 0.281 e. The van der Waals surface area contributed by atoms with Crippen molar-refractivity contribution in [1.82, 2.24) is 4.98 Å². The maximum absolute atomic E-state index is 11.6. The van der Waals surface area contributed by atoms with E-state index in [0.717, 1.165) is 5.69 Å². The van der Waals surface area contributed by atoms with Crippen molar-refractivity contribution in [3.8, 4) is 0 Å². The summed E-state index contributed by atoms with van der Waals surface area (Å²) >= 11 is 0. The van der Waals surface area contributed by atoms with E-state index in [0.29, 0.717) is 42.8 Å². The predicted molar refractivity (Wildman–Crippen MR) is 91.4 cm³/mol. The first-order chi connectivity index (χ1) is 11.5. The number of hydrogen-bond acceptors (Lipinski definition) is 6. The lowest BCUT2D eigenvalue weighted by Gasteiger charge is -2.28. The van der Waals surface area contributed by atoms with Crippen molar-refractivity contribution < 1.29 is 14.8 Å². The Morgan fingerprint density at radius 2 is 2.21 bits per heavy atom. The second-order valence-corrected chi connectivity index (χ2v) is 5.86. The van der Waals surface area contributed by atoms with E-state index in [9.17, 15) is 15.2 Å². The summed E-state index contributed by atoms with van der Waals surface area (Å²) in [6.07, 6.45) is 1.97. The highest BCUT2D eigenvalue weighted by Gasteiger charge is 2.23. The second kappa shape index (κ2) is 6.50. The monoisotopic (exact) mass is 332 g/mol. The molecule has 0 radical (unpaired) electrons. The van der Waals surface area contributed by atoms with E-state index < -0.39 is 6.04 Å². The van der Waals surface area contributed by atoms with E-state index in [2.05, 4.69) is 16.5 Å². The molecule has 128 valence electrons. The SMILES string of the molecule is C=C(O)C(N)Cc1c[nH]c2cc(N3CCOCC3)cc([N+](=O)[O-])c12. The highest BCUT2D eigenvalue weighted by molar-refractivity contribution is 5.95. The number of fused-ring (bicyclic) bond motifs is 1. The fraction of sp³-hybridized carbons (Fsp3) is 0.375. The Morgan fingerprint density at radius 3 is 2.83 bits per heavy atom. The highest BCUT2D eigenvalue weighted by Crippen LogP contribution is 2.34. The van der Waals surface area contributed by atoms with Crippen LogP contribution in [-0.2, 0) is 11.2 Å². The zero-order chi connectivity index (χ0) is 17.3. The van der Waals surface area contributed by atoms with Crippen molar-refractivity contribution in [3.05, 3.63) is 46.3 Å². The molecule has 3 rings (SSSR count). The Kier molecular flexibility index (Phi) is 4.41. The Bertz CT molecular complexity index is 780. The van der Waals surface area contributed by atoms with Gasteiger partial charge in [-0.25, -0.2) is 0 Å². The third kappa shape index (κ3) is 3.06. The van der Waals surface area contributed by atoms with E-state index in [1.165, 1.54) is 0 Å². The molecule has 0 bridgehead atoms. The molecule has 0 aliphatic carbocycles. The number of morpholine rings is 1. The average Bonchev–Trinajstić information content (AvgIpc) is 2.97. The Morgan fingerprint density at radius 1 is 1.50 bits per heavy atom. The fourth-order valence-corrected chi connectivity index (χ4v) is 2.96. The molecule has 1 saturated heterocycles. The first-order valence-electron chi connectivity index (χ1n) is 7.72. The third-order valence-electron chi connectivity index (χ3n) is 4.27. The standard InChI is InChI=1S/C16H20N4O4/c1-10(21)13(17)6-11-9-18-14-7-12(19-2-4-24-5-3-19)8-15(16(11)14)20(22)23/h7-9,13,18,21H,1-6,17H2. The Hall–Kier alpha value is -2.58. The number of nitro benzene ring substituents is 1. The van der Waals surface area contributed by atoms with E-state index in [1.54, 1.807) is 12.3 Å². The Labute approximate surface area is 138 Å². The van der Waals surface area contributed by atoms with Gasteiger partial charge in [0.2, 0.25) is 0 Å². The van der Waals surface area contributed by atoms with Crippen molar-refractivity contribution in [2.24, 2.45) is 5.73 Å². The summed E-state index contributed by atoms with van der Waals surface area (Å²) in [6.45, 7) is 6.03. The summed E-state index contributed by atoms with van der Waals surface area (Å²) in [7, 11) is 0. The van der Waals surface area contributed by atoms with Gasteiger partial charge in [0.15, 0.2) is 0 Å². The molecule has 4 N–H and O–H groups in total. The molecule has 1 aliphatic rings. The van der Waals surface area contributed by atoms with Gasteiger partial charge >= 0.3 is 0 Å². The first kappa shape index (κ1) is 16.3. The summed E-state index contributed by atoms with van der Waals surface area (Å²) in [5.41, 5.74) is 8.00. The lowest BCUT2D eigenvalue weighted by Crippen LogP contribution is -2.36. The summed E-state index contributed by atoms with van der Waals surface area (Å²) in [5, 5.41) is 21.5.